The average molecular weight is 256 g/mol. The predicted molar refractivity (Wildman–Crippen MR) is 70.4 cm³/mol. The van der Waals surface area contributed by atoms with Crippen LogP contribution in [0.5, 0.6) is 0 Å². The summed E-state index contributed by atoms with van der Waals surface area (Å²) in [6.07, 6.45) is 2.80. The maximum absolute atomic E-state index is 14.1. The van der Waals surface area contributed by atoms with Crippen LogP contribution >= 0.6 is 11.6 Å². The second-order valence-electron chi connectivity index (χ2n) is 4.87. The number of halogens is 2. The molecule has 0 spiro atoms. The van der Waals surface area contributed by atoms with E-state index in [1.165, 1.54) is 0 Å². The summed E-state index contributed by atoms with van der Waals surface area (Å²) >= 11 is 6.13. The highest BCUT2D eigenvalue weighted by atomic mass is 35.5. The predicted octanol–water partition coefficient (Wildman–Crippen LogP) is 3.67. The van der Waals surface area contributed by atoms with Crippen molar-refractivity contribution in [2.45, 2.75) is 44.8 Å². The van der Waals surface area contributed by atoms with Crippen molar-refractivity contribution in [3.8, 4) is 0 Å². The molecule has 2 atom stereocenters. The molecule has 1 heterocycles. The van der Waals surface area contributed by atoms with Gasteiger partial charge in [0.15, 0.2) is 0 Å². The molecule has 1 aliphatic heterocycles. The fraction of sp³-hybridized carbons (Fsp3) is 0.571. The van der Waals surface area contributed by atoms with E-state index in [1.54, 1.807) is 0 Å². The summed E-state index contributed by atoms with van der Waals surface area (Å²) in [7, 11) is 0. The molecule has 1 aromatic rings. The van der Waals surface area contributed by atoms with Gasteiger partial charge in [0.25, 0.3) is 0 Å². The Balaban J connectivity index is 1.99. The third-order valence-electron chi connectivity index (χ3n) is 3.41. The molecule has 17 heavy (non-hydrogen) atoms. The molecule has 0 aliphatic carbocycles. The van der Waals surface area contributed by atoms with Crippen LogP contribution in [0.3, 0.4) is 0 Å². The molecule has 0 aromatic heterocycles. The second kappa shape index (κ2) is 5.83. The molecule has 1 saturated heterocycles. The first-order chi connectivity index (χ1) is 8.16. The Hall–Kier alpha value is -0.600. The Morgan fingerprint density at radius 3 is 2.94 bits per heavy atom. The van der Waals surface area contributed by atoms with Crippen LogP contribution in [0, 0.1) is 6.92 Å². The molecule has 0 radical (unpaired) electrons. The third kappa shape index (κ3) is 3.43. The van der Waals surface area contributed by atoms with Crippen LogP contribution in [0.15, 0.2) is 18.2 Å². The highest BCUT2D eigenvalue weighted by Crippen LogP contribution is 2.22. The normalized spacial score (nSPS) is 22.4. The van der Waals surface area contributed by atoms with Crippen LogP contribution in [0.4, 0.5) is 4.39 Å². The molecule has 94 valence electrons. The lowest BCUT2D eigenvalue weighted by atomic mass is 9.96. The van der Waals surface area contributed by atoms with Gasteiger partial charge in [0.05, 0.1) is 0 Å². The molecule has 2 unspecified atom stereocenters. The maximum atomic E-state index is 14.1. The maximum Gasteiger partial charge on any atom is 0.119 e. The zero-order valence-electron chi connectivity index (χ0n) is 10.2. The van der Waals surface area contributed by atoms with E-state index in [9.17, 15) is 4.39 Å². The summed E-state index contributed by atoms with van der Waals surface area (Å²) < 4.78 is 14.1. The van der Waals surface area contributed by atoms with E-state index in [1.807, 2.05) is 25.1 Å². The van der Waals surface area contributed by atoms with Crippen molar-refractivity contribution in [3.63, 3.8) is 0 Å². The van der Waals surface area contributed by atoms with Crippen LogP contribution in [-0.4, -0.2) is 18.8 Å². The summed E-state index contributed by atoms with van der Waals surface area (Å²) in [4.78, 5) is 0. The fourth-order valence-corrected chi connectivity index (χ4v) is 2.67. The molecule has 0 saturated carbocycles. The van der Waals surface area contributed by atoms with Crippen LogP contribution in [0.1, 0.15) is 30.4 Å². The van der Waals surface area contributed by atoms with Crippen molar-refractivity contribution in [2.24, 2.45) is 0 Å². The van der Waals surface area contributed by atoms with Gasteiger partial charge in [-0.2, -0.15) is 0 Å². The van der Waals surface area contributed by atoms with Crippen molar-refractivity contribution in [1.82, 2.24) is 5.32 Å². The number of aryl methyl sites for hydroxylation is 1. The minimum absolute atomic E-state index is 0.00104. The number of hydrogen-bond donors (Lipinski definition) is 1. The van der Waals surface area contributed by atoms with E-state index in [0.717, 1.165) is 36.9 Å². The van der Waals surface area contributed by atoms with E-state index in [-0.39, 0.29) is 6.04 Å². The van der Waals surface area contributed by atoms with E-state index in [4.69, 9.17) is 11.6 Å². The van der Waals surface area contributed by atoms with Gasteiger partial charge >= 0.3 is 0 Å². The molecule has 1 fully saturated rings. The van der Waals surface area contributed by atoms with Gasteiger partial charge in [0.2, 0.25) is 0 Å². The monoisotopic (exact) mass is 255 g/mol. The number of rotatable bonds is 3. The summed E-state index contributed by atoms with van der Waals surface area (Å²) in [5, 5.41) is 3.94. The van der Waals surface area contributed by atoms with Crippen molar-refractivity contribution in [1.29, 1.82) is 0 Å². The quantitative estimate of drug-likeness (QED) is 0.869. The van der Waals surface area contributed by atoms with Gasteiger partial charge in [-0.3, -0.25) is 0 Å². The SMILES string of the molecule is Cc1ccc(CC(F)C2CCCCN2)c(Cl)c1. The number of piperidine rings is 1. The van der Waals surface area contributed by atoms with Crippen LogP contribution in [0.2, 0.25) is 5.02 Å². The molecular weight excluding hydrogens is 237 g/mol. The van der Waals surface area contributed by atoms with Crippen molar-refractivity contribution in [2.75, 3.05) is 6.54 Å². The Morgan fingerprint density at radius 2 is 2.29 bits per heavy atom. The molecule has 1 aromatic carbocycles. The second-order valence-corrected chi connectivity index (χ2v) is 5.28. The standard InChI is InChI=1S/C14H19ClFN/c1-10-5-6-11(12(15)8-10)9-13(16)14-4-2-3-7-17-14/h5-6,8,13-14,17H,2-4,7,9H2,1H3. The summed E-state index contributed by atoms with van der Waals surface area (Å²) in [5.41, 5.74) is 2.03. The van der Waals surface area contributed by atoms with Crippen LogP contribution in [0.25, 0.3) is 0 Å². The van der Waals surface area contributed by atoms with E-state index < -0.39 is 6.17 Å². The Kier molecular flexibility index (Phi) is 4.41. The molecule has 1 aliphatic rings. The lowest BCUT2D eigenvalue weighted by Crippen LogP contribution is -2.42. The summed E-state index contributed by atoms with van der Waals surface area (Å²) in [5.74, 6) is 0. The summed E-state index contributed by atoms with van der Waals surface area (Å²) in [6.45, 7) is 2.93. The van der Waals surface area contributed by atoms with E-state index >= 15 is 0 Å². The van der Waals surface area contributed by atoms with Gasteiger partial charge in [0, 0.05) is 17.5 Å². The van der Waals surface area contributed by atoms with Crippen molar-refractivity contribution >= 4 is 11.6 Å². The first-order valence-corrected chi connectivity index (χ1v) is 6.67. The molecule has 2 rings (SSSR count). The molecule has 0 bridgehead atoms. The lowest BCUT2D eigenvalue weighted by Gasteiger charge is -2.26. The number of benzene rings is 1. The van der Waals surface area contributed by atoms with E-state index in [2.05, 4.69) is 5.32 Å². The van der Waals surface area contributed by atoms with Gasteiger partial charge in [-0.15, -0.1) is 0 Å². The molecule has 1 nitrogen and oxygen atoms in total. The fourth-order valence-electron chi connectivity index (χ4n) is 2.36. The van der Waals surface area contributed by atoms with Gasteiger partial charge in [0.1, 0.15) is 6.17 Å². The minimum atomic E-state index is -0.837. The van der Waals surface area contributed by atoms with Gasteiger partial charge < -0.3 is 5.32 Å². The van der Waals surface area contributed by atoms with Gasteiger partial charge in [-0.05, 0) is 43.5 Å². The van der Waals surface area contributed by atoms with Crippen LogP contribution < -0.4 is 5.32 Å². The molecular formula is C14H19ClFN. The topological polar surface area (TPSA) is 12.0 Å². The Bertz CT molecular complexity index is 374. The largest absolute Gasteiger partial charge is 0.311 e. The number of nitrogens with one attached hydrogen (secondary N) is 1. The molecule has 0 amide bonds. The first-order valence-electron chi connectivity index (χ1n) is 6.29. The lowest BCUT2D eigenvalue weighted by molar-refractivity contribution is 0.217. The average Bonchev–Trinajstić information content (AvgIpc) is 2.34. The first kappa shape index (κ1) is 12.8. The number of alkyl halides is 1. The zero-order valence-corrected chi connectivity index (χ0v) is 10.9. The van der Waals surface area contributed by atoms with Crippen molar-refractivity contribution < 1.29 is 4.39 Å². The Labute approximate surface area is 107 Å². The smallest absolute Gasteiger partial charge is 0.119 e. The summed E-state index contributed by atoms with van der Waals surface area (Å²) in [6, 6.07) is 5.83. The highest BCUT2D eigenvalue weighted by molar-refractivity contribution is 6.31. The molecule has 1 N–H and O–H groups in total. The zero-order chi connectivity index (χ0) is 12.3. The Morgan fingerprint density at radius 1 is 1.47 bits per heavy atom. The third-order valence-corrected chi connectivity index (χ3v) is 3.76. The van der Waals surface area contributed by atoms with Crippen molar-refractivity contribution in [3.05, 3.63) is 34.3 Å². The van der Waals surface area contributed by atoms with Crippen LogP contribution in [-0.2, 0) is 6.42 Å². The van der Waals surface area contributed by atoms with Gasteiger partial charge in [-0.25, -0.2) is 4.39 Å². The highest BCUT2D eigenvalue weighted by Gasteiger charge is 2.23. The minimum Gasteiger partial charge on any atom is -0.311 e. The number of hydrogen-bond acceptors (Lipinski definition) is 1. The van der Waals surface area contributed by atoms with E-state index in [0.29, 0.717) is 11.4 Å². The van der Waals surface area contributed by atoms with Gasteiger partial charge in [-0.1, -0.05) is 30.2 Å². The molecule has 3 heteroatoms.